The topological polar surface area (TPSA) is 51.0 Å². The molecule has 2 rings (SSSR count). The number of aryl methyl sites for hydroxylation is 1. The summed E-state index contributed by atoms with van der Waals surface area (Å²) in [4.78, 5) is 1.13. The quantitative estimate of drug-likeness (QED) is 0.920. The van der Waals surface area contributed by atoms with Gasteiger partial charge in [-0.15, -0.1) is 5.10 Å². The highest BCUT2D eigenvalue weighted by Gasteiger charge is 2.24. The molecule has 0 fully saturated rings. The Balaban J connectivity index is 2.39. The van der Waals surface area contributed by atoms with E-state index < -0.39 is 0 Å². The van der Waals surface area contributed by atoms with Crippen LogP contribution in [0.5, 0.6) is 0 Å². The van der Waals surface area contributed by atoms with Gasteiger partial charge in [-0.2, -0.15) is 0 Å². The third-order valence-corrected chi connectivity index (χ3v) is 3.98. The van der Waals surface area contributed by atoms with Gasteiger partial charge in [-0.05, 0) is 46.5 Å². The van der Waals surface area contributed by atoms with Crippen molar-refractivity contribution in [3.05, 3.63) is 33.1 Å². The van der Waals surface area contributed by atoms with Gasteiger partial charge in [0.1, 0.15) is 11.8 Å². The summed E-state index contributed by atoms with van der Waals surface area (Å²) in [6.45, 7) is 5.02. The summed E-state index contributed by atoms with van der Waals surface area (Å²) in [6, 6.07) is 1.93. The van der Waals surface area contributed by atoms with E-state index in [0.29, 0.717) is 0 Å². The number of furan rings is 1. The lowest BCUT2D eigenvalue weighted by Gasteiger charge is -2.14. The molecule has 4 nitrogen and oxygen atoms in total. The van der Waals surface area contributed by atoms with Crippen molar-refractivity contribution < 1.29 is 4.42 Å². The molecule has 1 atom stereocenters. The minimum absolute atomic E-state index is 0.0272. The van der Waals surface area contributed by atoms with Crippen LogP contribution in [0.4, 0.5) is 0 Å². The van der Waals surface area contributed by atoms with Gasteiger partial charge in [-0.25, -0.2) is 0 Å². The van der Waals surface area contributed by atoms with Gasteiger partial charge in [-0.1, -0.05) is 18.3 Å². The Morgan fingerprint density at radius 1 is 1.53 bits per heavy atom. The van der Waals surface area contributed by atoms with Crippen molar-refractivity contribution in [1.82, 2.24) is 14.9 Å². The van der Waals surface area contributed by atoms with Crippen LogP contribution in [0, 0.1) is 0 Å². The fourth-order valence-electron chi connectivity index (χ4n) is 1.70. The second-order valence-corrected chi connectivity index (χ2v) is 5.20. The van der Waals surface area contributed by atoms with E-state index in [9.17, 15) is 0 Å². The molecular weight excluding hydrogens is 302 g/mol. The highest BCUT2D eigenvalue weighted by molar-refractivity contribution is 9.10. The number of nitrogens with zero attached hydrogens (tertiary/aromatic N) is 2. The molecule has 0 amide bonds. The average Bonchev–Trinajstić information content (AvgIpc) is 2.94. The molecule has 2 heterocycles. The molecule has 1 unspecified atom stereocenters. The summed E-state index contributed by atoms with van der Waals surface area (Å²) in [5.74, 6) is 0.882. The van der Waals surface area contributed by atoms with Crippen LogP contribution in [0.15, 0.2) is 21.2 Å². The van der Waals surface area contributed by atoms with Crippen LogP contribution in [0.25, 0.3) is 0 Å². The molecule has 92 valence electrons. The summed E-state index contributed by atoms with van der Waals surface area (Å²) in [5.41, 5.74) is 1.03. The molecule has 0 radical (unpaired) electrons. The van der Waals surface area contributed by atoms with Gasteiger partial charge in [0, 0.05) is 0 Å². The van der Waals surface area contributed by atoms with Gasteiger partial charge in [0.25, 0.3) is 0 Å². The lowest BCUT2D eigenvalue weighted by molar-refractivity contribution is 0.451. The van der Waals surface area contributed by atoms with Crippen molar-refractivity contribution in [2.24, 2.45) is 0 Å². The van der Waals surface area contributed by atoms with Gasteiger partial charge in [0.15, 0.2) is 0 Å². The van der Waals surface area contributed by atoms with Gasteiger partial charge in [-0.3, -0.25) is 0 Å². The molecule has 17 heavy (non-hydrogen) atoms. The predicted octanol–water partition coefficient (Wildman–Crippen LogP) is 3.15. The zero-order valence-electron chi connectivity index (χ0n) is 9.74. The zero-order chi connectivity index (χ0) is 12.3. The molecule has 0 bridgehead atoms. The summed E-state index contributed by atoms with van der Waals surface area (Å²) >= 11 is 4.92. The molecule has 0 saturated carbocycles. The monoisotopic (exact) mass is 315 g/mol. The van der Waals surface area contributed by atoms with E-state index in [1.807, 2.05) is 6.07 Å². The third-order valence-electron chi connectivity index (χ3n) is 2.50. The first-order valence-electron chi connectivity index (χ1n) is 5.55. The molecule has 0 spiro atoms. The van der Waals surface area contributed by atoms with E-state index in [2.05, 4.69) is 44.7 Å². The summed E-state index contributed by atoms with van der Waals surface area (Å²) < 4.78 is 10.5. The third kappa shape index (κ3) is 2.59. The zero-order valence-corrected chi connectivity index (χ0v) is 12.1. The Labute approximate surface area is 113 Å². The molecule has 1 N–H and O–H groups in total. The maximum atomic E-state index is 5.54. The summed E-state index contributed by atoms with van der Waals surface area (Å²) in [5, 5.41) is 7.56. The lowest BCUT2D eigenvalue weighted by atomic mass is 10.1. The van der Waals surface area contributed by atoms with Crippen molar-refractivity contribution in [1.29, 1.82) is 0 Å². The van der Waals surface area contributed by atoms with Crippen molar-refractivity contribution >= 4 is 27.5 Å². The van der Waals surface area contributed by atoms with E-state index in [1.54, 1.807) is 6.26 Å². The van der Waals surface area contributed by atoms with Crippen molar-refractivity contribution in [3.8, 4) is 0 Å². The summed E-state index contributed by atoms with van der Waals surface area (Å²) in [7, 11) is 0. The first-order valence-corrected chi connectivity index (χ1v) is 7.11. The van der Waals surface area contributed by atoms with Crippen LogP contribution < -0.4 is 5.32 Å². The van der Waals surface area contributed by atoms with Crippen LogP contribution >= 0.6 is 27.5 Å². The lowest BCUT2D eigenvalue weighted by Crippen LogP contribution is -2.22. The fraction of sp³-hybridized carbons (Fsp3) is 0.455. The normalized spacial score (nSPS) is 12.9. The number of halogens is 1. The van der Waals surface area contributed by atoms with Crippen LogP contribution in [-0.4, -0.2) is 16.1 Å². The number of aromatic nitrogens is 2. The SMILES string of the molecule is CCNC(c1occc1Br)c1snnc1CC. The van der Waals surface area contributed by atoms with Gasteiger partial charge in [0.05, 0.1) is 21.3 Å². The molecule has 6 heteroatoms. The van der Waals surface area contributed by atoms with E-state index in [4.69, 9.17) is 4.42 Å². The number of rotatable bonds is 5. The summed E-state index contributed by atoms with van der Waals surface area (Å²) in [6.07, 6.45) is 2.57. The minimum atomic E-state index is 0.0272. The van der Waals surface area contributed by atoms with Gasteiger partial charge >= 0.3 is 0 Å². The van der Waals surface area contributed by atoms with Gasteiger partial charge in [0.2, 0.25) is 0 Å². The minimum Gasteiger partial charge on any atom is -0.466 e. The van der Waals surface area contributed by atoms with E-state index >= 15 is 0 Å². The first kappa shape index (κ1) is 12.7. The Morgan fingerprint density at radius 2 is 2.35 bits per heavy atom. The molecule has 0 aliphatic rings. The Kier molecular flexibility index (Phi) is 4.31. The van der Waals surface area contributed by atoms with E-state index in [1.165, 1.54) is 11.5 Å². The molecular formula is C11H14BrN3OS. The molecule has 0 saturated heterocycles. The first-order chi connectivity index (χ1) is 8.27. The molecule has 0 aliphatic carbocycles. The molecule has 2 aromatic heterocycles. The second-order valence-electron chi connectivity index (χ2n) is 3.56. The smallest absolute Gasteiger partial charge is 0.140 e. The standard InChI is InChI=1S/C11H14BrN3OS/c1-3-8-11(17-15-14-8)9(13-4-2)10-7(12)5-6-16-10/h5-6,9,13H,3-4H2,1-2H3. The highest BCUT2D eigenvalue weighted by atomic mass is 79.9. The van der Waals surface area contributed by atoms with Crippen LogP contribution in [0.1, 0.15) is 36.2 Å². The van der Waals surface area contributed by atoms with Crippen LogP contribution in [0.2, 0.25) is 0 Å². The molecule has 0 aromatic carbocycles. The largest absolute Gasteiger partial charge is 0.466 e. The molecule has 0 aliphatic heterocycles. The number of hydrogen-bond acceptors (Lipinski definition) is 5. The predicted molar refractivity (Wildman–Crippen MR) is 71.2 cm³/mol. The van der Waals surface area contributed by atoms with Gasteiger partial charge < -0.3 is 9.73 Å². The highest BCUT2D eigenvalue weighted by Crippen LogP contribution is 2.32. The maximum Gasteiger partial charge on any atom is 0.140 e. The maximum absolute atomic E-state index is 5.54. The Bertz CT molecular complexity index is 483. The van der Waals surface area contributed by atoms with E-state index in [0.717, 1.165) is 33.8 Å². The van der Waals surface area contributed by atoms with Crippen molar-refractivity contribution in [2.45, 2.75) is 26.3 Å². The Morgan fingerprint density at radius 3 is 2.94 bits per heavy atom. The average molecular weight is 316 g/mol. The second kappa shape index (κ2) is 5.75. The fourth-order valence-corrected chi connectivity index (χ4v) is 2.94. The van der Waals surface area contributed by atoms with E-state index in [-0.39, 0.29) is 6.04 Å². The van der Waals surface area contributed by atoms with Crippen molar-refractivity contribution in [3.63, 3.8) is 0 Å². The Hall–Kier alpha value is -0.720. The number of hydrogen-bond donors (Lipinski definition) is 1. The van der Waals surface area contributed by atoms with Crippen LogP contribution in [0.3, 0.4) is 0 Å². The van der Waals surface area contributed by atoms with Crippen LogP contribution in [-0.2, 0) is 6.42 Å². The molecule has 2 aromatic rings. The van der Waals surface area contributed by atoms with Crippen molar-refractivity contribution in [2.75, 3.05) is 6.54 Å². The number of nitrogens with one attached hydrogen (secondary N) is 1.